The fraction of sp³-hybridized carbons (Fsp3) is 0.278. The molecule has 2 aromatic carbocycles. The molecule has 0 spiro atoms. The molecule has 0 saturated heterocycles. The van der Waals surface area contributed by atoms with Crippen molar-refractivity contribution >= 4 is 5.97 Å². The van der Waals surface area contributed by atoms with Gasteiger partial charge in [0.25, 0.3) is 0 Å². The van der Waals surface area contributed by atoms with Crippen LogP contribution in [0.25, 0.3) is 0 Å². The molecule has 0 aliphatic heterocycles. The van der Waals surface area contributed by atoms with Crippen LogP contribution in [-0.2, 0) is 29.2 Å². The van der Waals surface area contributed by atoms with Crippen LogP contribution in [0.15, 0.2) is 42.5 Å². The van der Waals surface area contributed by atoms with Crippen LogP contribution < -0.4 is 0 Å². The molecule has 0 radical (unpaired) electrons. The van der Waals surface area contributed by atoms with Crippen molar-refractivity contribution in [3.63, 3.8) is 0 Å². The summed E-state index contributed by atoms with van der Waals surface area (Å²) in [5.41, 5.74) is 5.14. The number of carboxylic acid groups (broad SMARTS) is 1. The second kappa shape index (κ2) is 7.04. The second-order valence-electron chi connectivity index (χ2n) is 5.26. The smallest absolute Gasteiger partial charge is 0.307 e. The van der Waals surface area contributed by atoms with Gasteiger partial charge in [-0.3, -0.25) is 4.79 Å². The molecule has 110 valence electrons. The van der Waals surface area contributed by atoms with Gasteiger partial charge in [-0.1, -0.05) is 42.5 Å². The van der Waals surface area contributed by atoms with E-state index in [1.807, 2.05) is 56.3 Å². The number of ether oxygens (including phenoxy) is 1. The van der Waals surface area contributed by atoms with Gasteiger partial charge in [0, 0.05) is 0 Å². The van der Waals surface area contributed by atoms with E-state index in [4.69, 9.17) is 9.84 Å². The molecule has 0 saturated carbocycles. The van der Waals surface area contributed by atoms with Crippen LogP contribution in [0.1, 0.15) is 27.8 Å². The summed E-state index contributed by atoms with van der Waals surface area (Å²) in [6.45, 7) is 5.01. The number of carbonyl (C=O) groups is 1. The van der Waals surface area contributed by atoms with Crippen LogP contribution in [0.3, 0.4) is 0 Å². The minimum absolute atomic E-state index is 0.0722. The Morgan fingerprint density at radius 3 is 2.14 bits per heavy atom. The van der Waals surface area contributed by atoms with Crippen molar-refractivity contribution < 1.29 is 14.6 Å². The fourth-order valence-corrected chi connectivity index (χ4v) is 2.46. The zero-order valence-corrected chi connectivity index (χ0v) is 12.4. The van der Waals surface area contributed by atoms with Crippen LogP contribution >= 0.6 is 0 Å². The van der Waals surface area contributed by atoms with Crippen molar-refractivity contribution in [3.8, 4) is 0 Å². The summed E-state index contributed by atoms with van der Waals surface area (Å²) in [6, 6.07) is 14.1. The topological polar surface area (TPSA) is 46.5 Å². The Hall–Kier alpha value is -2.13. The molecule has 21 heavy (non-hydrogen) atoms. The van der Waals surface area contributed by atoms with E-state index in [9.17, 15) is 4.79 Å². The number of hydrogen-bond donors (Lipinski definition) is 1. The van der Waals surface area contributed by atoms with Crippen LogP contribution in [0.5, 0.6) is 0 Å². The van der Waals surface area contributed by atoms with Gasteiger partial charge in [-0.15, -0.1) is 0 Å². The normalized spacial score (nSPS) is 10.6. The van der Waals surface area contributed by atoms with Crippen LogP contribution in [0, 0.1) is 13.8 Å². The van der Waals surface area contributed by atoms with E-state index < -0.39 is 5.97 Å². The average Bonchev–Trinajstić information content (AvgIpc) is 2.44. The highest BCUT2D eigenvalue weighted by molar-refractivity contribution is 5.71. The second-order valence-corrected chi connectivity index (χ2v) is 5.26. The lowest BCUT2D eigenvalue weighted by molar-refractivity contribution is -0.136. The van der Waals surface area contributed by atoms with Crippen LogP contribution in [-0.4, -0.2) is 11.1 Å². The number of aliphatic carboxylic acids is 1. The van der Waals surface area contributed by atoms with E-state index >= 15 is 0 Å². The number of benzene rings is 2. The summed E-state index contributed by atoms with van der Waals surface area (Å²) in [5.74, 6) is -0.797. The van der Waals surface area contributed by atoms with E-state index in [1.165, 1.54) is 0 Å². The van der Waals surface area contributed by atoms with Crippen LogP contribution in [0.2, 0.25) is 0 Å². The first-order chi connectivity index (χ1) is 10.1. The zero-order chi connectivity index (χ0) is 15.2. The van der Waals surface area contributed by atoms with E-state index in [0.717, 1.165) is 27.8 Å². The van der Waals surface area contributed by atoms with Crippen molar-refractivity contribution in [1.29, 1.82) is 0 Å². The highest BCUT2D eigenvalue weighted by Crippen LogP contribution is 2.18. The molecule has 0 atom stereocenters. The van der Waals surface area contributed by atoms with Gasteiger partial charge in [0.2, 0.25) is 0 Å². The lowest BCUT2D eigenvalue weighted by Crippen LogP contribution is -2.05. The maximum atomic E-state index is 10.9. The lowest BCUT2D eigenvalue weighted by atomic mass is 9.97. The van der Waals surface area contributed by atoms with Gasteiger partial charge in [-0.25, -0.2) is 0 Å². The first-order valence-corrected chi connectivity index (χ1v) is 6.98. The van der Waals surface area contributed by atoms with Crippen molar-refractivity contribution in [3.05, 3.63) is 70.3 Å². The fourth-order valence-electron chi connectivity index (χ4n) is 2.46. The molecule has 3 nitrogen and oxygen atoms in total. The largest absolute Gasteiger partial charge is 0.481 e. The number of rotatable bonds is 6. The highest BCUT2D eigenvalue weighted by Gasteiger charge is 2.09. The lowest BCUT2D eigenvalue weighted by Gasteiger charge is -2.11. The molecule has 1 N–H and O–H groups in total. The SMILES string of the molecule is Cc1cc(COCc2ccccc2)cc(C)c1CC(=O)O. The number of aryl methyl sites for hydroxylation is 2. The molecule has 0 bridgehead atoms. The van der Waals surface area contributed by atoms with Gasteiger partial charge in [0.1, 0.15) is 0 Å². The van der Waals surface area contributed by atoms with E-state index in [2.05, 4.69) is 0 Å². The van der Waals surface area contributed by atoms with Crippen molar-refractivity contribution in [2.75, 3.05) is 0 Å². The minimum Gasteiger partial charge on any atom is -0.481 e. The minimum atomic E-state index is -0.797. The van der Waals surface area contributed by atoms with Crippen molar-refractivity contribution in [2.45, 2.75) is 33.5 Å². The van der Waals surface area contributed by atoms with Crippen LogP contribution in [0.4, 0.5) is 0 Å². The number of hydrogen-bond acceptors (Lipinski definition) is 2. The summed E-state index contributed by atoms with van der Waals surface area (Å²) in [7, 11) is 0. The molecular formula is C18H20O3. The molecule has 0 aromatic heterocycles. The third-order valence-corrected chi connectivity index (χ3v) is 3.46. The molecule has 0 heterocycles. The Morgan fingerprint density at radius 1 is 1.00 bits per heavy atom. The summed E-state index contributed by atoms with van der Waals surface area (Å²) < 4.78 is 5.72. The van der Waals surface area contributed by atoms with Gasteiger partial charge in [0.15, 0.2) is 0 Å². The summed E-state index contributed by atoms with van der Waals surface area (Å²) >= 11 is 0. The maximum absolute atomic E-state index is 10.9. The molecule has 0 aliphatic rings. The predicted molar refractivity (Wildman–Crippen MR) is 82.2 cm³/mol. The molecule has 3 heteroatoms. The Morgan fingerprint density at radius 2 is 1.57 bits per heavy atom. The third kappa shape index (κ3) is 4.43. The molecule has 0 amide bonds. The first-order valence-electron chi connectivity index (χ1n) is 6.98. The Labute approximate surface area is 125 Å². The molecule has 0 aliphatic carbocycles. The molecule has 0 fully saturated rings. The zero-order valence-electron chi connectivity index (χ0n) is 12.4. The standard InChI is InChI=1S/C18H20O3/c1-13-8-16(9-14(2)17(13)10-18(19)20)12-21-11-15-6-4-3-5-7-15/h3-9H,10-12H2,1-2H3,(H,19,20). The molecule has 0 unspecified atom stereocenters. The van der Waals surface area contributed by atoms with Gasteiger partial charge in [-0.2, -0.15) is 0 Å². The first kappa shape index (κ1) is 15.3. The average molecular weight is 284 g/mol. The van der Waals surface area contributed by atoms with E-state index in [-0.39, 0.29) is 6.42 Å². The monoisotopic (exact) mass is 284 g/mol. The Bertz CT molecular complexity index is 595. The summed E-state index contributed by atoms with van der Waals surface area (Å²) in [6.07, 6.45) is 0.0722. The summed E-state index contributed by atoms with van der Waals surface area (Å²) in [5, 5.41) is 8.93. The Kier molecular flexibility index (Phi) is 5.12. The molecular weight excluding hydrogens is 264 g/mol. The van der Waals surface area contributed by atoms with Crippen molar-refractivity contribution in [2.24, 2.45) is 0 Å². The van der Waals surface area contributed by atoms with E-state index in [1.54, 1.807) is 0 Å². The van der Waals surface area contributed by atoms with Crippen molar-refractivity contribution in [1.82, 2.24) is 0 Å². The highest BCUT2D eigenvalue weighted by atomic mass is 16.5. The van der Waals surface area contributed by atoms with Gasteiger partial charge in [0.05, 0.1) is 19.6 Å². The molecule has 2 rings (SSSR count). The maximum Gasteiger partial charge on any atom is 0.307 e. The predicted octanol–water partition coefficient (Wildman–Crippen LogP) is 3.65. The van der Waals surface area contributed by atoms with Gasteiger partial charge < -0.3 is 9.84 Å². The quantitative estimate of drug-likeness (QED) is 0.880. The third-order valence-electron chi connectivity index (χ3n) is 3.46. The van der Waals surface area contributed by atoms with Gasteiger partial charge in [-0.05, 0) is 41.7 Å². The Balaban J connectivity index is 1.99. The van der Waals surface area contributed by atoms with E-state index in [0.29, 0.717) is 13.2 Å². The summed E-state index contributed by atoms with van der Waals surface area (Å²) in [4.78, 5) is 10.9. The molecule has 2 aromatic rings. The number of carboxylic acids is 1. The van der Waals surface area contributed by atoms with Gasteiger partial charge >= 0.3 is 5.97 Å².